The summed E-state index contributed by atoms with van der Waals surface area (Å²) < 4.78 is 33.8. The Morgan fingerprint density at radius 3 is 2.57 bits per heavy atom. The molecule has 1 N–H and O–H groups in total. The van der Waals surface area contributed by atoms with Crippen LogP contribution in [0.4, 0.5) is 5.69 Å². The summed E-state index contributed by atoms with van der Waals surface area (Å²) in [7, 11) is -3.88. The Bertz CT molecular complexity index is 1010. The van der Waals surface area contributed by atoms with Crippen LogP contribution in [0.2, 0.25) is 5.02 Å². The van der Waals surface area contributed by atoms with Gasteiger partial charge in [0.05, 0.1) is 17.1 Å². The number of rotatable bonds is 5. The van der Waals surface area contributed by atoms with Crippen molar-refractivity contribution in [3.63, 3.8) is 0 Å². The molecule has 2 aromatic rings. The van der Waals surface area contributed by atoms with Gasteiger partial charge in [-0.2, -0.15) is 0 Å². The molecular formula is C22H25ClN2O4S. The quantitative estimate of drug-likeness (QED) is 0.750. The van der Waals surface area contributed by atoms with Crippen LogP contribution in [0, 0.1) is 5.92 Å². The van der Waals surface area contributed by atoms with Crippen LogP contribution in [0.15, 0.2) is 53.4 Å². The van der Waals surface area contributed by atoms with E-state index < -0.39 is 16.1 Å². The largest absolute Gasteiger partial charge is 0.476 e. The molecule has 4 rings (SSSR count). The van der Waals surface area contributed by atoms with Crippen molar-refractivity contribution < 1.29 is 17.9 Å². The summed E-state index contributed by atoms with van der Waals surface area (Å²) in [4.78, 5) is 13.0. The molecule has 8 heteroatoms. The Balaban J connectivity index is 1.58. The zero-order valence-corrected chi connectivity index (χ0v) is 18.2. The lowest BCUT2D eigenvalue weighted by Crippen LogP contribution is -2.51. The van der Waals surface area contributed by atoms with E-state index in [2.05, 4.69) is 5.32 Å². The number of amides is 1. The molecule has 1 aliphatic carbocycles. The molecule has 6 nitrogen and oxygen atoms in total. The van der Waals surface area contributed by atoms with Gasteiger partial charge in [-0.3, -0.25) is 9.10 Å². The highest BCUT2D eigenvalue weighted by Crippen LogP contribution is 2.38. The van der Waals surface area contributed by atoms with Crippen molar-refractivity contribution in [3.05, 3.63) is 53.6 Å². The van der Waals surface area contributed by atoms with Gasteiger partial charge in [-0.1, -0.05) is 49.1 Å². The smallest absolute Gasteiger partial charge is 0.264 e. The first-order valence-corrected chi connectivity index (χ1v) is 12.1. The molecule has 0 bridgehead atoms. The number of anilines is 1. The van der Waals surface area contributed by atoms with Crippen LogP contribution in [-0.4, -0.2) is 33.5 Å². The summed E-state index contributed by atoms with van der Waals surface area (Å²) in [6.45, 7) is 0.485. The SMILES string of the molecule is O=C(NCC1CCCCC1)[C@H]1CN(S(=O)(=O)c2ccccc2)c2cc(Cl)ccc2O1. The van der Waals surface area contributed by atoms with E-state index in [1.165, 1.54) is 35.7 Å². The fourth-order valence-corrected chi connectivity index (χ4v) is 5.71. The zero-order chi connectivity index (χ0) is 21.1. The molecule has 1 saturated carbocycles. The van der Waals surface area contributed by atoms with Gasteiger partial charge < -0.3 is 10.1 Å². The maximum Gasteiger partial charge on any atom is 0.264 e. The average molecular weight is 449 g/mol. The van der Waals surface area contributed by atoms with Crippen molar-refractivity contribution in [1.29, 1.82) is 0 Å². The number of fused-ring (bicyclic) bond motifs is 1. The van der Waals surface area contributed by atoms with Gasteiger partial charge in [-0.25, -0.2) is 8.42 Å². The number of nitrogens with one attached hydrogen (secondary N) is 1. The first-order chi connectivity index (χ1) is 14.4. The second-order valence-corrected chi connectivity index (χ2v) is 10.1. The number of ether oxygens (including phenoxy) is 1. The number of sulfonamides is 1. The molecule has 1 aliphatic heterocycles. The van der Waals surface area contributed by atoms with Gasteiger partial charge in [0.2, 0.25) is 0 Å². The second-order valence-electron chi connectivity index (χ2n) is 7.82. The molecule has 2 aromatic carbocycles. The summed E-state index contributed by atoms with van der Waals surface area (Å²) in [6.07, 6.45) is 4.93. The van der Waals surface area contributed by atoms with E-state index >= 15 is 0 Å². The molecule has 0 unspecified atom stereocenters. The molecular weight excluding hydrogens is 424 g/mol. The van der Waals surface area contributed by atoms with E-state index in [0.29, 0.717) is 28.9 Å². The molecule has 2 aliphatic rings. The third-order valence-electron chi connectivity index (χ3n) is 5.70. The van der Waals surface area contributed by atoms with Crippen LogP contribution in [0.5, 0.6) is 5.75 Å². The Morgan fingerprint density at radius 2 is 1.83 bits per heavy atom. The van der Waals surface area contributed by atoms with Crippen LogP contribution in [0.25, 0.3) is 0 Å². The summed E-state index contributed by atoms with van der Waals surface area (Å²) in [5, 5.41) is 3.36. The summed E-state index contributed by atoms with van der Waals surface area (Å²) >= 11 is 6.12. The first kappa shape index (κ1) is 21.0. The van der Waals surface area contributed by atoms with Crippen molar-refractivity contribution in [2.75, 3.05) is 17.4 Å². The fourth-order valence-electron chi connectivity index (χ4n) is 4.06. The van der Waals surface area contributed by atoms with Gasteiger partial charge in [0.15, 0.2) is 6.10 Å². The minimum atomic E-state index is -3.88. The normalized spacial score (nSPS) is 19.6. The lowest BCUT2D eigenvalue weighted by Gasteiger charge is -2.35. The van der Waals surface area contributed by atoms with Crippen molar-refractivity contribution in [1.82, 2.24) is 5.32 Å². The Labute approximate surface area is 182 Å². The van der Waals surface area contributed by atoms with Gasteiger partial charge >= 0.3 is 0 Å². The lowest BCUT2D eigenvalue weighted by atomic mass is 9.89. The molecule has 160 valence electrons. The van der Waals surface area contributed by atoms with Crippen LogP contribution in [0.1, 0.15) is 32.1 Å². The van der Waals surface area contributed by atoms with Crippen molar-refractivity contribution in [2.45, 2.75) is 43.1 Å². The summed E-state index contributed by atoms with van der Waals surface area (Å²) in [6, 6.07) is 12.9. The molecule has 1 amide bonds. The number of nitrogens with zero attached hydrogens (tertiary/aromatic N) is 1. The van der Waals surface area contributed by atoms with E-state index in [1.807, 2.05) is 0 Å². The van der Waals surface area contributed by atoms with E-state index in [9.17, 15) is 13.2 Å². The molecule has 30 heavy (non-hydrogen) atoms. The number of carbonyl (C=O) groups excluding carboxylic acids is 1. The molecule has 1 fully saturated rings. The van der Waals surface area contributed by atoms with Crippen LogP contribution in [0.3, 0.4) is 0 Å². The number of benzene rings is 2. The third kappa shape index (κ3) is 4.42. The highest BCUT2D eigenvalue weighted by molar-refractivity contribution is 7.92. The van der Waals surface area contributed by atoms with E-state index in [-0.39, 0.29) is 17.3 Å². The molecule has 0 saturated heterocycles. The van der Waals surface area contributed by atoms with Crippen LogP contribution < -0.4 is 14.4 Å². The minimum Gasteiger partial charge on any atom is -0.476 e. The standard InChI is InChI=1S/C22H25ClN2O4S/c23-17-11-12-20-19(13-17)25(30(27,28)18-9-5-2-6-10-18)15-21(29-20)22(26)24-14-16-7-3-1-4-8-16/h2,5-6,9-13,16,21H,1,3-4,7-8,14-15H2,(H,24,26)/t21-/m1/s1. The van der Waals surface area contributed by atoms with Gasteiger partial charge in [-0.05, 0) is 49.1 Å². The summed E-state index contributed by atoms with van der Waals surface area (Å²) in [5.74, 6) is 0.499. The van der Waals surface area contributed by atoms with Crippen molar-refractivity contribution in [3.8, 4) is 5.75 Å². The molecule has 0 spiro atoms. The highest BCUT2D eigenvalue weighted by Gasteiger charge is 2.37. The maximum atomic E-state index is 13.3. The lowest BCUT2D eigenvalue weighted by molar-refractivity contribution is -0.128. The monoisotopic (exact) mass is 448 g/mol. The van der Waals surface area contributed by atoms with E-state index in [0.717, 1.165) is 12.8 Å². The Hall–Kier alpha value is -2.25. The Kier molecular flexibility index (Phi) is 6.20. The predicted molar refractivity (Wildman–Crippen MR) is 116 cm³/mol. The topological polar surface area (TPSA) is 75.7 Å². The molecule has 1 heterocycles. The second kappa shape index (κ2) is 8.86. The number of hydrogen-bond acceptors (Lipinski definition) is 4. The van der Waals surface area contributed by atoms with Gasteiger partial charge in [0.1, 0.15) is 5.75 Å². The molecule has 0 aromatic heterocycles. The number of carbonyl (C=O) groups is 1. The van der Waals surface area contributed by atoms with Crippen LogP contribution in [-0.2, 0) is 14.8 Å². The van der Waals surface area contributed by atoms with Gasteiger partial charge in [0.25, 0.3) is 15.9 Å². The average Bonchev–Trinajstić information content (AvgIpc) is 2.78. The van der Waals surface area contributed by atoms with Crippen LogP contribution >= 0.6 is 11.6 Å². The van der Waals surface area contributed by atoms with E-state index in [4.69, 9.17) is 16.3 Å². The molecule has 0 radical (unpaired) electrons. The molecule has 1 atom stereocenters. The summed E-state index contributed by atoms with van der Waals surface area (Å²) in [5.41, 5.74) is 0.336. The third-order valence-corrected chi connectivity index (χ3v) is 7.73. The van der Waals surface area contributed by atoms with Crippen molar-refractivity contribution >= 4 is 33.2 Å². The van der Waals surface area contributed by atoms with Gasteiger partial charge in [-0.15, -0.1) is 0 Å². The zero-order valence-electron chi connectivity index (χ0n) is 16.6. The van der Waals surface area contributed by atoms with Gasteiger partial charge in [0, 0.05) is 11.6 Å². The predicted octanol–water partition coefficient (Wildman–Crippen LogP) is 3.99. The highest BCUT2D eigenvalue weighted by atomic mass is 35.5. The maximum absolute atomic E-state index is 13.3. The minimum absolute atomic E-state index is 0.110. The van der Waals surface area contributed by atoms with Crippen molar-refractivity contribution in [2.24, 2.45) is 5.92 Å². The number of halogens is 1. The fraction of sp³-hybridized carbons (Fsp3) is 0.409. The first-order valence-electron chi connectivity index (χ1n) is 10.3. The number of hydrogen-bond donors (Lipinski definition) is 1. The Morgan fingerprint density at radius 1 is 1.10 bits per heavy atom. The van der Waals surface area contributed by atoms with E-state index in [1.54, 1.807) is 36.4 Å².